The van der Waals surface area contributed by atoms with Crippen molar-refractivity contribution in [3.8, 4) is 0 Å². The molecule has 1 aromatic rings. The van der Waals surface area contributed by atoms with E-state index >= 15 is 0 Å². The molecule has 0 saturated heterocycles. The molecule has 1 heterocycles. The summed E-state index contributed by atoms with van der Waals surface area (Å²) >= 11 is 0. The molecule has 22 heavy (non-hydrogen) atoms. The average Bonchev–Trinajstić information content (AvgIpc) is 2.84. The van der Waals surface area contributed by atoms with Gasteiger partial charge in [-0.2, -0.15) is 0 Å². The predicted octanol–water partition coefficient (Wildman–Crippen LogP) is 1.80. The van der Waals surface area contributed by atoms with Crippen LogP contribution in [0.15, 0.2) is 0 Å². The fourth-order valence-corrected chi connectivity index (χ4v) is 2.52. The lowest BCUT2D eigenvalue weighted by Gasteiger charge is -2.17. The molecule has 0 aliphatic heterocycles. The van der Waals surface area contributed by atoms with Crippen molar-refractivity contribution < 1.29 is 14.4 Å². The van der Waals surface area contributed by atoms with Crippen molar-refractivity contribution in [2.75, 3.05) is 26.2 Å². The third-order valence-electron chi connectivity index (χ3n) is 3.81. The highest BCUT2D eigenvalue weighted by Crippen LogP contribution is 2.17. The first kappa shape index (κ1) is 18.1. The second-order valence-corrected chi connectivity index (χ2v) is 5.22. The van der Waals surface area contributed by atoms with E-state index in [9.17, 15) is 14.4 Å². The van der Waals surface area contributed by atoms with Crippen LogP contribution in [0.25, 0.3) is 0 Å². The Balaban J connectivity index is 2.67. The van der Waals surface area contributed by atoms with Crippen LogP contribution in [0.2, 0.25) is 0 Å². The zero-order chi connectivity index (χ0) is 16.7. The number of nitrogens with one attached hydrogen (secondary N) is 2. The molecule has 0 bridgehead atoms. The van der Waals surface area contributed by atoms with E-state index in [2.05, 4.69) is 29.0 Å². The summed E-state index contributed by atoms with van der Waals surface area (Å²) in [5.74, 6) is -0.510. The first-order valence-electron chi connectivity index (χ1n) is 7.65. The summed E-state index contributed by atoms with van der Waals surface area (Å²) in [6.45, 7) is 10.7. The van der Waals surface area contributed by atoms with Gasteiger partial charge in [0, 0.05) is 12.1 Å². The second kappa shape index (κ2) is 8.48. The van der Waals surface area contributed by atoms with Gasteiger partial charge < -0.3 is 15.2 Å². The minimum absolute atomic E-state index is 0.165. The Bertz CT molecular complexity index is 545. The SMILES string of the molecule is CCN(CC)CCCNC(=O)c1[nH]c(C=O)c(C(C)=O)c1C. The minimum Gasteiger partial charge on any atom is -0.351 e. The van der Waals surface area contributed by atoms with Crippen molar-refractivity contribution in [2.24, 2.45) is 0 Å². The van der Waals surface area contributed by atoms with Gasteiger partial charge in [0.05, 0.1) is 5.69 Å². The van der Waals surface area contributed by atoms with Crippen LogP contribution >= 0.6 is 0 Å². The number of nitrogens with zero attached hydrogens (tertiary/aromatic N) is 1. The van der Waals surface area contributed by atoms with Gasteiger partial charge >= 0.3 is 0 Å². The largest absolute Gasteiger partial charge is 0.351 e. The molecule has 2 N–H and O–H groups in total. The summed E-state index contributed by atoms with van der Waals surface area (Å²) in [5, 5.41) is 2.82. The summed E-state index contributed by atoms with van der Waals surface area (Å²) < 4.78 is 0. The third kappa shape index (κ3) is 4.27. The summed E-state index contributed by atoms with van der Waals surface area (Å²) in [6.07, 6.45) is 1.42. The van der Waals surface area contributed by atoms with E-state index in [0.717, 1.165) is 26.1 Å². The van der Waals surface area contributed by atoms with E-state index in [4.69, 9.17) is 0 Å². The molecule has 1 aromatic heterocycles. The van der Waals surface area contributed by atoms with Crippen molar-refractivity contribution in [1.82, 2.24) is 15.2 Å². The molecule has 1 amide bonds. The number of hydrogen-bond acceptors (Lipinski definition) is 4. The van der Waals surface area contributed by atoms with Crippen LogP contribution in [-0.2, 0) is 0 Å². The summed E-state index contributed by atoms with van der Waals surface area (Å²) in [7, 11) is 0. The number of carbonyl (C=O) groups is 3. The van der Waals surface area contributed by atoms with Crippen LogP contribution in [0.4, 0.5) is 0 Å². The van der Waals surface area contributed by atoms with Crippen LogP contribution in [0, 0.1) is 6.92 Å². The average molecular weight is 307 g/mol. The Morgan fingerprint density at radius 1 is 1.27 bits per heavy atom. The quantitative estimate of drug-likeness (QED) is 0.414. The van der Waals surface area contributed by atoms with Crippen LogP contribution < -0.4 is 5.32 Å². The number of rotatable bonds is 9. The molecule has 6 nitrogen and oxygen atoms in total. The molecule has 122 valence electrons. The summed E-state index contributed by atoms with van der Waals surface area (Å²) in [4.78, 5) is 39.8. The number of hydrogen-bond donors (Lipinski definition) is 2. The number of H-pyrrole nitrogens is 1. The van der Waals surface area contributed by atoms with Gasteiger partial charge in [-0.05, 0) is 45.5 Å². The fraction of sp³-hybridized carbons (Fsp3) is 0.562. The van der Waals surface area contributed by atoms with E-state index in [0.29, 0.717) is 24.0 Å². The second-order valence-electron chi connectivity index (χ2n) is 5.22. The molecule has 0 atom stereocenters. The molecule has 0 saturated carbocycles. The Morgan fingerprint density at radius 3 is 2.36 bits per heavy atom. The van der Waals surface area contributed by atoms with Gasteiger partial charge in [0.15, 0.2) is 12.1 Å². The molecule has 0 spiro atoms. The van der Waals surface area contributed by atoms with E-state index in [-0.39, 0.29) is 23.1 Å². The van der Waals surface area contributed by atoms with Crippen molar-refractivity contribution >= 4 is 18.0 Å². The molecule has 0 aliphatic carbocycles. The maximum atomic E-state index is 12.2. The Kier molecular flexibility index (Phi) is 6.98. The predicted molar refractivity (Wildman–Crippen MR) is 85.7 cm³/mol. The van der Waals surface area contributed by atoms with E-state index in [1.807, 2.05) is 0 Å². The van der Waals surface area contributed by atoms with Gasteiger partial charge in [0.25, 0.3) is 5.91 Å². The zero-order valence-corrected chi connectivity index (χ0v) is 13.8. The zero-order valence-electron chi connectivity index (χ0n) is 13.8. The van der Waals surface area contributed by atoms with Gasteiger partial charge in [-0.25, -0.2) is 0 Å². The number of Topliss-reactive ketones (excluding diaryl/α,β-unsaturated/α-hetero) is 1. The molecule has 0 fully saturated rings. The highest BCUT2D eigenvalue weighted by molar-refractivity contribution is 6.06. The molecular weight excluding hydrogens is 282 g/mol. The first-order chi connectivity index (χ1) is 10.5. The normalized spacial score (nSPS) is 10.8. The monoisotopic (exact) mass is 307 g/mol. The van der Waals surface area contributed by atoms with Gasteiger partial charge in [0.2, 0.25) is 0 Å². The standard InChI is InChI=1S/C16H25N3O3/c1-5-19(6-2)9-7-8-17-16(22)15-11(3)14(12(4)21)13(10-20)18-15/h10,18H,5-9H2,1-4H3,(H,17,22). The maximum absolute atomic E-state index is 12.2. The smallest absolute Gasteiger partial charge is 0.268 e. The highest BCUT2D eigenvalue weighted by atomic mass is 16.2. The first-order valence-corrected chi connectivity index (χ1v) is 7.65. The molecule has 0 radical (unpaired) electrons. The van der Waals surface area contributed by atoms with Gasteiger partial charge in [-0.15, -0.1) is 0 Å². The lowest BCUT2D eigenvalue weighted by Crippen LogP contribution is -2.30. The van der Waals surface area contributed by atoms with Crippen LogP contribution in [0.1, 0.15) is 64.1 Å². The Labute approximate surface area is 131 Å². The van der Waals surface area contributed by atoms with Gasteiger partial charge in [0.1, 0.15) is 5.69 Å². The lowest BCUT2D eigenvalue weighted by molar-refractivity contribution is 0.0946. The van der Waals surface area contributed by atoms with Crippen LogP contribution in [0.3, 0.4) is 0 Å². The third-order valence-corrected chi connectivity index (χ3v) is 3.81. The van der Waals surface area contributed by atoms with Gasteiger partial charge in [-0.1, -0.05) is 13.8 Å². The lowest BCUT2D eigenvalue weighted by atomic mass is 10.1. The van der Waals surface area contributed by atoms with Crippen molar-refractivity contribution in [2.45, 2.75) is 34.1 Å². The Morgan fingerprint density at radius 2 is 1.91 bits per heavy atom. The van der Waals surface area contributed by atoms with E-state index < -0.39 is 0 Å². The Hall–Kier alpha value is -1.95. The molecule has 0 aromatic carbocycles. The van der Waals surface area contributed by atoms with E-state index in [1.54, 1.807) is 6.92 Å². The topological polar surface area (TPSA) is 82.3 Å². The highest BCUT2D eigenvalue weighted by Gasteiger charge is 2.21. The minimum atomic E-state index is -0.285. The van der Waals surface area contributed by atoms with Crippen molar-refractivity contribution in [3.05, 3.63) is 22.5 Å². The number of aromatic amines is 1. The molecular formula is C16H25N3O3. The van der Waals surface area contributed by atoms with E-state index in [1.165, 1.54) is 6.92 Å². The molecule has 0 aliphatic rings. The molecule has 1 rings (SSSR count). The van der Waals surface area contributed by atoms with Gasteiger partial charge in [-0.3, -0.25) is 14.4 Å². The molecule has 6 heteroatoms. The summed E-state index contributed by atoms with van der Waals surface area (Å²) in [5.41, 5.74) is 1.27. The van der Waals surface area contributed by atoms with Crippen molar-refractivity contribution in [1.29, 1.82) is 0 Å². The number of ketones is 1. The van der Waals surface area contributed by atoms with Crippen LogP contribution in [-0.4, -0.2) is 54.0 Å². The fourth-order valence-electron chi connectivity index (χ4n) is 2.52. The number of aldehydes is 1. The summed E-state index contributed by atoms with van der Waals surface area (Å²) in [6, 6.07) is 0. The van der Waals surface area contributed by atoms with Crippen LogP contribution in [0.5, 0.6) is 0 Å². The maximum Gasteiger partial charge on any atom is 0.268 e. The number of aromatic nitrogens is 1. The number of amides is 1. The number of carbonyl (C=O) groups excluding carboxylic acids is 3. The molecule has 0 unspecified atom stereocenters. The van der Waals surface area contributed by atoms with Crippen molar-refractivity contribution in [3.63, 3.8) is 0 Å².